The molecule has 4 nitrogen and oxygen atoms in total. The summed E-state index contributed by atoms with van der Waals surface area (Å²) in [4.78, 5) is 11.9. The van der Waals surface area contributed by atoms with Crippen LogP contribution < -0.4 is 14.8 Å². The second-order valence-corrected chi connectivity index (χ2v) is 6.68. The summed E-state index contributed by atoms with van der Waals surface area (Å²) in [5, 5.41) is 2.92. The summed E-state index contributed by atoms with van der Waals surface area (Å²) in [5.41, 5.74) is 1.08. The van der Waals surface area contributed by atoms with Crippen molar-refractivity contribution in [3.8, 4) is 11.5 Å². The van der Waals surface area contributed by atoms with E-state index < -0.39 is 0 Å². The van der Waals surface area contributed by atoms with E-state index in [1.54, 1.807) is 19.2 Å². The van der Waals surface area contributed by atoms with Crippen molar-refractivity contribution in [3.63, 3.8) is 0 Å². The highest BCUT2D eigenvalue weighted by atomic mass is 79.9. The van der Waals surface area contributed by atoms with Gasteiger partial charge in [-0.3, -0.25) is 4.79 Å². The monoisotopic (exact) mass is 423 g/mol. The molecule has 0 aromatic heterocycles. The number of nitrogens with one attached hydrogen (secondary N) is 1. The molecule has 0 aliphatic rings. The molecule has 0 aliphatic carbocycles. The Bertz CT molecular complexity index is 707. The Morgan fingerprint density at radius 2 is 1.92 bits per heavy atom. The molecule has 1 N–H and O–H groups in total. The van der Waals surface area contributed by atoms with Crippen molar-refractivity contribution >= 4 is 21.8 Å². The van der Waals surface area contributed by atoms with Crippen molar-refractivity contribution in [1.29, 1.82) is 0 Å². The number of carbonyl (C=O) groups is 1. The number of hydrogen-bond acceptors (Lipinski definition) is 3. The summed E-state index contributed by atoms with van der Waals surface area (Å²) >= 11 is 3.44. The SMILES string of the molecule is COc1ccc(CCC(=O)NCCCCOc2ccc(F)cc2)cc1Br. The van der Waals surface area contributed by atoms with Gasteiger partial charge in [-0.15, -0.1) is 0 Å². The van der Waals surface area contributed by atoms with Gasteiger partial charge in [-0.1, -0.05) is 6.07 Å². The first-order valence-electron chi connectivity index (χ1n) is 8.56. The van der Waals surface area contributed by atoms with Crippen molar-refractivity contribution in [1.82, 2.24) is 5.32 Å². The number of methoxy groups -OCH3 is 1. The van der Waals surface area contributed by atoms with Crippen molar-refractivity contribution in [2.75, 3.05) is 20.3 Å². The Labute approximate surface area is 161 Å². The number of rotatable bonds is 10. The maximum atomic E-state index is 12.8. The van der Waals surface area contributed by atoms with Crippen molar-refractivity contribution < 1.29 is 18.7 Å². The highest BCUT2D eigenvalue weighted by Gasteiger charge is 2.05. The van der Waals surface area contributed by atoms with Crippen molar-refractivity contribution in [2.24, 2.45) is 0 Å². The highest BCUT2D eigenvalue weighted by Crippen LogP contribution is 2.25. The quantitative estimate of drug-likeness (QED) is 0.572. The molecular weight excluding hydrogens is 401 g/mol. The number of hydrogen-bond donors (Lipinski definition) is 1. The van der Waals surface area contributed by atoms with E-state index in [0.29, 0.717) is 31.7 Å². The number of benzene rings is 2. The van der Waals surface area contributed by atoms with Gasteiger partial charge in [0.25, 0.3) is 0 Å². The predicted octanol–water partition coefficient (Wildman–Crippen LogP) is 4.50. The molecule has 0 bridgehead atoms. The Morgan fingerprint density at radius 1 is 1.15 bits per heavy atom. The molecule has 2 aromatic rings. The zero-order valence-electron chi connectivity index (χ0n) is 14.8. The lowest BCUT2D eigenvalue weighted by atomic mass is 10.1. The van der Waals surface area contributed by atoms with Crippen LogP contribution in [0.25, 0.3) is 0 Å². The van der Waals surface area contributed by atoms with Gasteiger partial charge in [0.1, 0.15) is 17.3 Å². The van der Waals surface area contributed by atoms with Gasteiger partial charge in [-0.25, -0.2) is 4.39 Å². The van der Waals surface area contributed by atoms with Gasteiger partial charge in [0.2, 0.25) is 5.91 Å². The fourth-order valence-electron chi connectivity index (χ4n) is 2.39. The molecule has 1 amide bonds. The third-order valence-corrected chi connectivity index (χ3v) is 4.45. The Balaban J connectivity index is 1.56. The van der Waals surface area contributed by atoms with Crippen LogP contribution in [0.4, 0.5) is 4.39 Å². The smallest absolute Gasteiger partial charge is 0.220 e. The molecule has 0 spiro atoms. The van der Waals surface area contributed by atoms with Gasteiger partial charge in [0.05, 0.1) is 18.2 Å². The molecule has 140 valence electrons. The van der Waals surface area contributed by atoms with Crippen molar-refractivity contribution in [2.45, 2.75) is 25.7 Å². The molecule has 0 aliphatic heterocycles. The maximum absolute atomic E-state index is 12.8. The van der Waals surface area contributed by atoms with E-state index >= 15 is 0 Å². The molecule has 0 saturated carbocycles. The van der Waals surface area contributed by atoms with E-state index in [-0.39, 0.29) is 11.7 Å². The molecule has 6 heteroatoms. The molecule has 0 fully saturated rings. The van der Waals surface area contributed by atoms with Gasteiger partial charge in [0.15, 0.2) is 0 Å². The molecule has 2 aromatic carbocycles. The third-order valence-electron chi connectivity index (χ3n) is 3.83. The zero-order valence-corrected chi connectivity index (χ0v) is 16.4. The summed E-state index contributed by atoms with van der Waals surface area (Å²) in [7, 11) is 1.62. The van der Waals surface area contributed by atoms with Gasteiger partial charge in [-0.05, 0) is 77.2 Å². The Hall–Kier alpha value is -2.08. The predicted molar refractivity (Wildman–Crippen MR) is 103 cm³/mol. The van der Waals surface area contributed by atoms with E-state index in [4.69, 9.17) is 9.47 Å². The van der Waals surface area contributed by atoms with Gasteiger partial charge >= 0.3 is 0 Å². The standard InChI is InChI=1S/C20H23BrFNO3/c1-25-19-10-4-15(14-18(19)21)5-11-20(24)23-12-2-3-13-26-17-8-6-16(22)7-9-17/h4,6-10,14H,2-3,5,11-13H2,1H3,(H,23,24). The van der Waals surface area contributed by atoms with Crippen LogP contribution in [0.15, 0.2) is 46.9 Å². The summed E-state index contributed by atoms with van der Waals surface area (Å²) < 4.78 is 24.4. The van der Waals surface area contributed by atoms with Crippen molar-refractivity contribution in [3.05, 3.63) is 58.3 Å². The molecular formula is C20H23BrFNO3. The number of amides is 1. The molecule has 26 heavy (non-hydrogen) atoms. The van der Waals surface area contributed by atoms with Crippen LogP contribution in [0.1, 0.15) is 24.8 Å². The van der Waals surface area contributed by atoms with Crippen LogP contribution in [0, 0.1) is 5.82 Å². The zero-order chi connectivity index (χ0) is 18.8. The topological polar surface area (TPSA) is 47.6 Å². The lowest BCUT2D eigenvalue weighted by molar-refractivity contribution is -0.121. The van der Waals surface area contributed by atoms with E-state index in [2.05, 4.69) is 21.2 Å². The van der Waals surface area contributed by atoms with Crippen LogP contribution in [0.3, 0.4) is 0 Å². The number of carbonyl (C=O) groups excluding carboxylic acids is 1. The normalized spacial score (nSPS) is 10.4. The largest absolute Gasteiger partial charge is 0.496 e. The average Bonchev–Trinajstić information content (AvgIpc) is 2.64. The third kappa shape index (κ3) is 7.04. The minimum atomic E-state index is -0.276. The van der Waals surface area contributed by atoms with Crippen LogP contribution in [0.5, 0.6) is 11.5 Å². The first-order chi connectivity index (χ1) is 12.6. The first-order valence-corrected chi connectivity index (χ1v) is 9.35. The Morgan fingerprint density at radius 3 is 2.62 bits per heavy atom. The lowest BCUT2D eigenvalue weighted by Gasteiger charge is -2.08. The number of halogens is 2. The first kappa shape index (κ1) is 20.2. The number of aryl methyl sites for hydroxylation is 1. The Kier molecular flexibility index (Phi) is 8.41. The molecule has 0 saturated heterocycles. The summed E-state index contributed by atoms with van der Waals surface area (Å²) in [6.07, 6.45) is 2.79. The second kappa shape index (κ2) is 10.8. The second-order valence-electron chi connectivity index (χ2n) is 5.83. The minimum absolute atomic E-state index is 0.0383. The summed E-state index contributed by atoms with van der Waals surface area (Å²) in [5.74, 6) is 1.19. The minimum Gasteiger partial charge on any atom is -0.496 e. The van der Waals surface area contributed by atoms with E-state index in [1.807, 2.05) is 18.2 Å². The molecule has 0 atom stereocenters. The van der Waals surface area contributed by atoms with Crippen LogP contribution in [-0.4, -0.2) is 26.2 Å². The van der Waals surface area contributed by atoms with Gasteiger partial charge in [0, 0.05) is 13.0 Å². The van der Waals surface area contributed by atoms with E-state index in [0.717, 1.165) is 28.6 Å². The van der Waals surface area contributed by atoms with Gasteiger partial charge < -0.3 is 14.8 Å². The maximum Gasteiger partial charge on any atom is 0.220 e. The van der Waals surface area contributed by atoms with E-state index in [9.17, 15) is 9.18 Å². The number of ether oxygens (including phenoxy) is 2. The fourth-order valence-corrected chi connectivity index (χ4v) is 2.98. The van der Waals surface area contributed by atoms with Crippen LogP contribution in [0.2, 0.25) is 0 Å². The van der Waals surface area contributed by atoms with Gasteiger partial charge in [-0.2, -0.15) is 0 Å². The summed E-state index contributed by atoms with van der Waals surface area (Å²) in [6, 6.07) is 11.8. The molecule has 0 unspecified atom stereocenters. The lowest BCUT2D eigenvalue weighted by Crippen LogP contribution is -2.24. The van der Waals surface area contributed by atoms with Crippen LogP contribution >= 0.6 is 15.9 Å². The molecule has 0 radical (unpaired) electrons. The average molecular weight is 424 g/mol. The van der Waals surface area contributed by atoms with Crippen LogP contribution in [-0.2, 0) is 11.2 Å². The molecule has 0 heterocycles. The fraction of sp³-hybridized carbons (Fsp3) is 0.350. The number of unbranched alkanes of at least 4 members (excludes halogenated alkanes) is 1. The van der Waals surface area contributed by atoms with E-state index in [1.165, 1.54) is 12.1 Å². The highest BCUT2D eigenvalue weighted by molar-refractivity contribution is 9.10. The molecule has 2 rings (SSSR count). The summed E-state index contributed by atoms with van der Waals surface area (Å²) in [6.45, 7) is 1.17.